The highest BCUT2D eigenvalue weighted by Crippen LogP contribution is 2.21. The van der Waals surface area contributed by atoms with E-state index in [1.54, 1.807) is 0 Å². The highest BCUT2D eigenvalue weighted by Gasteiger charge is 2.31. The summed E-state index contributed by atoms with van der Waals surface area (Å²) in [5.41, 5.74) is 0. The monoisotopic (exact) mass is 335 g/mol. The van der Waals surface area contributed by atoms with Gasteiger partial charge in [0.15, 0.2) is 0 Å². The Balaban J connectivity index is 0.00000162. The summed E-state index contributed by atoms with van der Waals surface area (Å²) in [4.78, 5) is 11.3. The van der Waals surface area contributed by atoms with Crippen molar-refractivity contribution in [3.8, 4) is 5.75 Å². The van der Waals surface area contributed by atoms with E-state index in [-0.39, 0.29) is 30.5 Å². The molecule has 0 spiro atoms. The number of hydrogen-bond acceptors (Lipinski definition) is 4. The number of esters is 1. The van der Waals surface area contributed by atoms with E-state index in [0.717, 1.165) is 10.2 Å². The van der Waals surface area contributed by atoms with Gasteiger partial charge < -0.3 is 14.8 Å². The van der Waals surface area contributed by atoms with Gasteiger partial charge in [0, 0.05) is 17.4 Å². The molecule has 0 aliphatic carbocycles. The number of methoxy groups -OCH3 is 1. The maximum absolute atomic E-state index is 11.3. The minimum absolute atomic E-state index is 0. The molecule has 2 unspecified atom stereocenters. The van der Waals surface area contributed by atoms with E-state index < -0.39 is 0 Å². The molecule has 0 amide bonds. The zero-order valence-electron chi connectivity index (χ0n) is 9.89. The van der Waals surface area contributed by atoms with Crippen molar-refractivity contribution >= 4 is 34.3 Å². The normalized spacial score (nSPS) is 22.1. The first kappa shape index (κ1) is 15.3. The second kappa shape index (κ2) is 6.97. The summed E-state index contributed by atoms with van der Waals surface area (Å²) in [6.45, 7) is 0.659. The quantitative estimate of drug-likeness (QED) is 0.859. The standard InChI is InChI=1S/C12H14BrNO3.ClH/c1-16-12(15)11-6-10(7-14-11)17-9-4-2-3-8(13)5-9;/h2-5,10-11,14H,6-7H2,1H3;1H. The number of halogens is 2. The molecule has 4 nitrogen and oxygen atoms in total. The minimum Gasteiger partial charge on any atom is -0.489 e. The van der Waals surface area contributed by atoms with Gasteiger partial charge in [-0.25, -0.2) is 0 Å². The molecule has 1 N–H and O–H groups in total. The van der Waals surface area contributed by atoms with Gasteiger partial charge >= 0.3 is 5.97 Å². The molecule has 1 saturated heterocycles. The van der Waals surface area contributed by atoms with E-state index in [4.69, 9.17) is 4.74 Å². The summed E-state index contributed by atoms with van der Waals surface area (Å²) >= 11 is 3.39. The van der Waals surface area contributed by atoms with Gasteiger partial charge in [-0.15, -0.1) is 12.4 Å². The second-order valence-corrected chi connectivity index (χ2v) is 4.83. The van der Waals surface area contributed by atoms with E-state index in [2.05, 4.69) is 26.0 Å². The van der Waals surface area contributed by atoms with Crippen molar-refractivity contribution < 1.29 is 14.3 Å². The molecular formula is C12H15BrClNO3. The van der Waals surface area contributed by atoms with Crippen LogP contribution >= 0.6 is 28.3 Å². The van der Waals surface area contributed by atoms with E-state index in [0.29, 0.717) is 13.0 Å². The fraction of sp³-hybridized carbons (Fsp3) is 0.417. The largest absolute Gasteiger partial charge is 0.489 e. The van der Waals surface area contributed by atoms with Crippen molar-refractivity contribution in [1.82, 2.24) is 5.32 Å². The zero-order chi connectivity index (χ0) is 12.3. The number of hydrogen-bond donors (Lipinski definition) is 1. The van der Waals surface area contributed by atoms with Crippen LogP contribution in [0.4, 0.5) is 0 Å². The Labute approximate surface area is 121 Å². The molecule has 1 aromatic carbocycles. The Morgan fingerprint density at radius 2 is 2.28 bits per heavy atom. The van der Waals surface area contributed by atoms with Crippen LogP contribution in [-0.4, -0.2) is 31.8 Å². The van der Waals surface area contributed by atoms with Crippen molar-refractivity contribution in [2.45, 2.75) is 18.6 Å². The van der Waals surface area contributed by atoms with Crippen molar-refractivity contribution in [2.24, 2.45) is 0 Å². The fourth-order valence-electron chi connectivity index (χ4n) is 1.85. The minimum atomic E-state index is -0.253. The summed E-state index contributed by atoms with van der Waals surface area (Å²) in [5.74, 6) is 0.571. The average Bonchev–Trinajstić information content (AvgIpc) is 2.76. The van der Waals surface area contributed by atoms with Crippen LogP contribution < -0.4 is 10.1 Å². The Morgan fingerprint density at radius 3 is 2.94 bits per heavy atom. The maximum Gasteiger partial charge on any atom is 0.323 e. The van der Waals surface area contributed by atoms with Gasteiger partial charge in [0.25, 0.3) is 0 Å². The lowest BCUT2D eigenvalue weighted by Gasteiger charge is -2.12. The molecule has 1 heterocycles. The molecule has 1 aliphatic heterocycles. The molecule has 0 bridgehead atoms. The van der Waals surface area contributed by atoms with Crippen LogP contribution in [0.2, 0.25) is 0 Å². The van der Waals surface area contributed by atoms with E-state index in [1.807, 2.05) is 24.3 Å². The third-order valence-electron chi connectivity index (χ3n) is 2.68. The average molecular weight is 337 g/mol. The number of rotatable bonds is 3. The molecule has 2 rings (SSSR count). The van der Waals surface area contributed by atoms with Gasteiger partial charge in [-0.1, -0.05) is 22.0 Å². The molecule has 0 radical (unpaired) electrons. The lowest BCUT2D eigenvalue weighted by molar-refractivity contribution is -0.142. The summed E-state index contributed by atoms with van der Waals surface area (Å²) < 4.78 is 11.4. The third-order valence-corrected chi connectivity index (χ3v) is 3.17. The summed E-state index contributed by atoms with van der Waals surface area (Å²) in [7, 11) is 1.40. The topological polar surface area (TPSA) is 47.6 Å². The highest BCUT2D eigenvalue weighted by molar-refractivity contribution is 9.10. The number of benzene rings is 1. The number of carbonyl (C=O) groups excluding carboxylic acids is 1. The lowest BCUT2D eigenvalue weighted by atomic mass is 10.2. The first-order valence-corrected chi connectivity index (χ1v) is 6.22. The molecule has 18 heavy (non-hydrogen) atoms. The Kier molecular flexibility index (Phi) is 5.91. The van der Waals surface area contributed by atoms with E-state index in [9.17, 15) is 4.79 Å². The summed E-state index contributed by atoms with van der Waals surface area (Å²) in [6.07, 6.45) is 0.646. The molecule has 1 aromatic rings. The van der Waals surface area contributed by atoms with Crippen LogP contribution in [0.1, 0.15) is 6.42 Å². The van der Waals surface area contributed by atoms with Crippen LogP contribution in [0.25, 0.3) is 0 Å². The van der Waals surface area contributed by atoms with Crippen LogP contribution in [-0.2, 0) is 9.53 Å². The van der Waals surface area contributed by atoms with E-state index >= 15 is 0 Å². The first-order valence-electron chi connectivity index (χ1n) is 5.42. The lowest BCUT2D eigenvalue weighted by Crippen LogP contribution is -2.31. The van der Waals surface area contributed by atoms with Gasteiger partial charge in [0.2, 0.25) is 0 Å². The predicted molar refractivity (Wildman–Crippen MR) is 74.2 cm³/mol. The first-order chi connectivity index (χ1) is 8.19. The Hall–Kier alpha value is -0.780. The van der Waals surface area contributed by atoms with Gasteiger partial charge in [-0.05, 0) is 18.2 Å². The van der Waals surface area contributed by atoms with Gasteiger partial charge in [0.05, 0.1) is 7.11 Å². The van der Waals surface area contributed by atoms with E-state index in [1.165, 1.54) is 7.11 Å². The highest BCUT2D eigenvalue weighted by atomic mass is 79.9. The predicted octanol–water partition coefficient (Wildman–Crippen LogP) is 2.15. The number of ether oxygens (including phenoxy) is 2. The van der Waals surface area contributed by atoms with Crippen molar-refractivity contribution in [2.75, 3.05) is 13.7 Å². The van der Waals surface area contributed by atoms with Gasteiger partial charge in [-0.3, -0.25) is 4.79 Å². The summed E-state index contributed by atoms with van der Waals surface area (Å²) in [5, 5.41) is 3.08. The van der Waals surface area contributed by atoms with Crippen molar-refractivity contribution in [3.05, 3.63) is 28.7 Å². The summed E-state index contributed by atoms with van der Waals surface area (Å²) in [6, 6.07) is 7.41. The second-order valence-electron chi connectivity index (χ2n) is 3.92. The molecule has 6 heteroatoms. The fourth-order valence-corrected chi connectivity index (χ4v) is 2.23. The van der Waals surface area contributed by atoms with Gasteiger partial charge in [0.1, 0.15) is 17.9 Å². The molecule has 100 valence electrons. The van der Waals surface area contributed by atoms with Crippen LogP contribution in [0.5, 0.6) is 5.75 Å². The van der Waals surface area contributed by atoms with Crippen LogP contribution in [0, 0.1) is 0 Å². The SMILES string of the molecule is COC(=O)C1CC(Oc2cccc(Br)c2)CN1.Cl. The molecule has 0 aromatic heterocycles. The van der Waals surface area contributed by atoms with Gasteiger partial charge in [-0.2, -0.15) is 0 Å². The Bertz CT molecular complexity index is 416. The number of nitrogens with one attached hydrogen (secondary N) is 1. The molecular weight excluding hydrogens is 321 g/mol. The molecule has 0 saturated carbocycles. The Morgan fingerprint density at radius 1 is 1.50 bits per heavy atom. The molecule has 2 atom stereocenters. The number of carbonyl (C=O) groups is 1. The van der Waals surface area contributed by atoms with Crippen LogP contribution in [0.15, 0.2) is 28.7 Å². The molecule has 1 fully saturated rings. The van der Waals surface area contributed by atoms with Crippen molar-refractivity contribution in [1.29, 1.82) is 0 Å². The third kappa shape index (κ3) is 3.86. The molecule has 1 aliphatic rings. The van der Waals surface area contributed by atoms with Crippen molar-refractivity contribution in [3.63, 3.8) is 0 Å². The maximum atomic E-state index is 11.3. The zero-order valence-corrected chi connectivity index (χ0v) is 12.3. The smallest absolute Gasteiger partial charge is 0.323 e. The van der Waals surface area contributed by atoms with Crippen LogP contribution in [0.3, 0.4) is 0 Å².